The molecule has 2 heteroatoms. The molecule has 2 rings (SSSR count). The van der Waals surface area contributed by atoms with Gasteiger partial charge in [-0.15, -0.1) is 0 Å². The average molecular weight is 205 g/mol. The number of hydrogen-bond acceptors (Lipinski definition) is 2. The fourth-order valence-corrected chi connectivity index (χ4v) is 1.97. The van der Waals surface area contributed by atoms with Crippen LogP contribution in [-0.4, -0.2) is 11.6 Å². The van der Waals surface area contributed by atoms with Crippen molar-refractivity contribution in [3.05, 3.63) is 29.6 Å². The Labute approximate surface area is 91.7 Å². The van der Waals surface area contributed by atoms with Crippen molar-refractivity contribution in [3.8, 4) is 0 Å². The molecule has 1 fully saturated rings. The molecule has 0 amide bonds. The Hall–Kier alpha value is -0.890. The molecule has 1 aromatic heterocycles. The van der Waals surface area contributed by atoms with E-state index in [1.165, 1.54) is 18.4 Å². The lowest BCUT2D eigenvalue weighted by molar-refractivity contribution is 0.0123. The van der Waals surface area contributed by atoms with Gasteiger partial charge in [0.05, 0.1) is 11.8 Å². The monoisotopic (exact) mass is 205 g/mol. The second kappa shape index (κ2) is 4.75. The molecular weight excluding hydrogens is 186 g/mol. The largest absolute Gasteiger partial charge is 0.372 e. The predicted octanol–water partition coefficient (Wildman–Crippen LogP) is 3.45. The molecule has 0 bridgehead atoms. The second-order valence-electron chi connectivity index (χ2n) is 4.52. The Kier molecular flexibility index (Phi) is 3.37. The van der Waals surface area contributed by atoms with Crippen molar-refractivity contribution in [2.45, 2.75) is 45.1 Å². The standard InChI is InChI=1S/C13H19NO/c1-10(2)11-6-7-14-12(9-11)13-5-3-4-8-15-13/h6-7,9-10,13H,3-5,8H2,1-2H3. The van der Waals surface area contributed by atoms with Gasteiger partial charge in [0, 0.05) is 12.8 Å². The summed E-state index contributed by atoms with van der Waals surface area (Å²) in [6.07, 6.45) is 5.72. The molecule has 1 saturated heterocycles. The molecule has 2 heterocycles. The first-order valence-corrected chi connectivity index (χ1v) is 5.85. The van der Waals surface area contributed by atoms with Gasteiger partial charge in [-0.2, -0.15) is 0 Å². The normalized spacial score (nSPS) is 21.9. The van der Waals surface area contributed by atoms with Crippen molar-refractivity contribution in [2.24, 2.45) is 0 Å². The summed E-state index contributed by atoms with van der Waals surface area (Å²) in [5.41, 5.74) is 2.47. The van der Waals surface area contributed by atoms with Crippen LogP contribution in [0.4, 0.5) is 0 Å². The Morgan fingerprint density at radius 2 is 2.27 bits per heavy atom. The highest BCUT2D eigenvalue weighted by molar-refractivity contribution is 5.21. The highest BCUT2D eigenvalue weighted by Gasteiger charge is 2.17. The third kappa shape index (κ3) is 2.57. The molecule has 1 unspecified atom stereocenters. The summed E-state index contributed by atoms with van der Waals surface area (Å²) < 4.78 is 5.74. The summed E-state index contributed by atoms with van der Waals surface area (Å²) in [5.74, 6) is 0.565. The first-order valence-electron chi connectivity index (χ1n) is 5.85. The lowest BCUT2D eigenvalue weighted by Crippen LogP contribution is -2.13. The zero-order valence-corrected chi connectivity index (χ0v) is 9.57. The molecular formula is C13H19NO. The molecule has 0 spiro atoms. The lowest BCUT2D eigenvalue weighted by Gasteiger charge is -2.22. The molecule has 1 atom stereocenters. The minimum Gasteiger partial charge on any atom is -0.372 e. The van der Waals surface area contributed by atoms with E-state index in [-0.39, 0.29) is 6.10 Å². The van der Waals surface area contributed by atoms with Crippen molar-refractivity contribution in [3.63, 3.8) is 0 Å². The quantitative estimate of drug-likeness (QED) is 0.737. The Balaban J connectivity index is 2.16. The van der Waals surface area contributed by atoms with Crippen molar-refractivity contribution >= 4 is 0 Å². The minimum absolute atomic E-state index is 0.234. The molecule has 0 aliphatic carbocycles. The maximum atomic E-state index is 5.74. The van der Waals surface area contributed by atoms with Crippen molar-refractivity contribution in [1.29, 1.82) is 0 Å². The molecule has 0 radical (unpaired) electrons. The van der Waals surface area contributed by atoms with E-state index in [4.69, 9.17) is 4.74 Å². The summed E-state index contributed by atoms with van der Waals surface area (Å²) >= 11 is 0. The van der Waals surface area contributed by atoms with Gasteiger partial charge in [-0.05, 0) is 42.9 Å². The van der Waals surface area contributed by atoms with Crippen LogP contribution in [-0.2, 0) is 4.74 Å². The SMILES string of the molecule is CC(C)c1ccnc(C2CCCCO2)c1. The fraction of sp³-hybridized carbons (Fsp3) is 0.615. The summed E-state index contributed by atoms with van der Waals surface area (Å²) in [4.78, 5) is 4.42. The van der Waals surface area contributed by atoms with E-state index in [0.717, 1.165) is 18.7 Å². The zero-order valence-electron chi connectivity index (χ0n) is 9.57. The maximum Gasteiger partial charge on any atom is 0.0994 e. The average Bonchev–Trinajstić information content (AvgIpc) is 2.30. The number of rotatable bonds is 2. The van der Waals surface area contributed by atoms with E-state index in [1.807, 2.05) is 6.20 Å². The Bertz CT molecular complexity index is 316. The van der Waals surface area contributed by atoms with Gasteiger partial charge in [-0.25, -0.2) is 0 Å². The summed E-state index contributed by atoms with van der Waals surface area (Å²) in [6, 6.07) is 4.29. The van der Waals surface area contributed by atoms with Crippen LogP contribution in [0, 0.1) is 0 Å². The molecule has 0 N–H and O–H groups in total. The molecule has 82 valence electrons. The molecule has 0 aromatic carbocycles. The first kappa shape index (κ1) is 10.6. The molecule has 1 aromatic rings. The molecule has 1 aliphatic rings. The lowest BCUT2D eigenvalue weighted by atomic mass is 10.00. The predicted molar refractivity (Wildman–Crippen MR) is 60.9 cm³/mol. The van der Waals surface area contributed by atoms with Crippen molar-refractivity contribution in [1.82, 2.24) is 4.98 Å². The van der Waals surface area contributed by atoms with Crippen LogP contribution in [0.5, 0.6) is 0 Å². The summed E-state index contributed by atoms with van der Waals surface area (Å²) in [7, 11) is 0. The van der Waals surface area contributed by atoms with E-state index in [9.17, 15) is 0 Å². The number of nitrogens with zero attached hydrogens (tertiary/aromatic N) is 1. The smallest absolute Gasteiger partial charge is 0.0994 e. The second-order valence-corrected chi connectivity index (χ2v) is 4.52. The van der Waals surface area contributed by atoms with Crippen LogP contribution in [0.3, 0.4) is 0 Å². The van der Waals surface area contributed by atoms with Crippen LogP contribution < -0.4 is 0 Å². The topological polar surface area (TPSA) is 22.1 Å². The summed E-state index contributed by atoms with van der Waals surface area (Å²) in [6.45, 7) is 5.31. The maximum absolute atomic E-state index is 5.74. The number of pyridine rings is 1. The zero-order chi connectivity index (χ0) is 10.7. The Morgan fingerprint density at radius 3 is 2.93 bits per heavy atom. The number of hydrogen-bond donors (Lipinski definition) is 0. The van der Waals surface area contributed by atoms with Crippen LogP contribution in [0.25, 0.3) is 0 Å². The van der Waals surface area contributed by atoms with E-state index >= 15 is 0 Å². The van der Waals surface area contributed by atoms with Crippen LogP contribution in [0.2, 0.25) is 0 Å². The van der Waals surface area contributed by atoms with Gasteiger partial charge in [0.15, 0.2) is 0 Å². The van der Waals surface area contributed by atoms with Crippen LogP contribution in [0.1, 0.15) is 56.4 Å². The molecule has 2 nitrogen and oxygen atoms in total. The molecule has 1 aliphatic heterocycles. The molecule has 15 heavy (non-hydrogen) atoms. The number of ether oxygens (including phenoxy) is 1. The van der Waals surface area contributed by atoms with Gasteiger partial charge in [-0.3, -0.25) is 4.98 Å². The van der Waals surface area contributed by atoms with Crippen molar-refractivity contribution < 1.29 is 4.74 Å². The highest BCUT2D eigenvalue weighted by atomic mass is 16.5. The fourth-order valence-electron chi connectivity index (χ4n) is 1.97. The Morgan fingerprint density at radius 1 is 1.40 bits per heavy atom. The third-order valence-electron chi connectivity index (χ3n) is 2.98. The van der Waals surface area contributed by atoms with Gasteiger partial charge < -0.3 is 4.74 Å². The number of aromatic nitrogens is 1. The van der Waals surface area contributed by atoms with Gasteiger partial charge >= 0.3 is 0 Å². The minimum atomic E-state index is 0.234. The van der Waals surface area contributed by atoms with Gasteiger partial charge in [0.2, 0.25) is 0 Å². The van der Waals surface area contributed by atoms with Crippen LogP contribution in [0.15, 0.2) is 18.3 Å². The van der Waals surface area contributed by atoms with Gasteiger partial charge in [-0.1, -0.05) is 13.8 Å². The van der Waals surface area contributed by atoms with Crippen molar-refractivity contribution in [2.75, 3.05) is 6.61 Å². The van der Waals surface area contributed by atoms with E-state index < -0.39 is 0 Å². The van der Waals surface area contributed by atoms with Crippen LogP contribution >= 0.6 is 0 Å². The van der Waals surface area contributed by atoms with Gasteiger partial charge in [0.1, 0.15) is 0 Å². The first-order chi connectivity index (χ1) is 7.27. The molecule has 0 saturated carbocycles. The third-order valence-corrected chi connectivity index (χ3v) is 2.98. The highest BCUT2D eigenvalue weighted by Crippen LogP contribution is 2.27. The van der Waals surface area contributed by atoms with E-state index in [2.05, 4.69) is 31.0 Å². The van der Waals surface area contributed by atoms with Gasteiger partial charge in [0.25, 0.3) is 0 Å². The van der Waals surface area contributed by atoms with E-state index in [0.29, 0.717) is 5.92 Å². The summed E-state index contributed by atoms with van der Waals surface area (Å²) in [5, 5.41) is 0. The van der Waals surface area contributed by atoms with E-state index in [1.54, 1.807) is 0 Å².